The van der Waals surface area contributed by atoms with Crippen LogP contribution in [0.5, 0.6) is 0 Å². The van der Waals surface area contributed by atoms with Crippen molar-refractivity contribution in [1.29, 1.82) is 0 Å². The van der Waals surface area contributed by atoms with Crippen molar-refractivity contribution in [3.8, 4) is 0 Å². The summed E-state index contributed by atoms with van der Waals surface area (Å²) in [5.74, 6) is 0.851. The van der Waals surface area contributed by atoms with E-state index in [1.165, 1.54) is 0 Å². The van der Waals surface area contributed by atoms with E-state index in [1.54, 1.807) is 23.6 Å². The van der Waals surface area contributed by atoms with Crippen LogP contribution in [0.1, 0.15) is 20.3 Å². The first-order chi connectivity index (χ1) is 9.01. The third-order valence-electron chi connectivity index (χ3n) is 3.23. The average Bonchev–Trinajstić information content (AvgIpc) is 2.71. The minimum absolute atomic E-state index is 0.0278. The van der Waals surface area contributed by atoms with E-state index in [-0.39, 0.29) is 11.8 Å². The zero-order valence-electron chi connectivity index (χ0n) is 11.2. The van der Waals surface area contributed by atoms with Crippen molar-refractivity contribution in [3.63, 3.8) is 0 Å². The fraction of sp³-hybridized carbons (Fsp3) is 0.429. The second-order valence-corrected chi connectivity index (χ2v) is 6.36. The summed E-state index contributed by atoms with van der Waals surface area (Å²) in [6.07, 6.45) is 0.312. The van der Waals surface area contributed by atoms with E-state index in [1.807, 2.05) is 37.3 Å². The molecule has 102 valence electrons. The monoisotopic (exact) mass is 278 g/mol. The highest BCUT2D eigenvalue weighted by molar-refractivity contribution is 8.00. The topological polar surface area (TPSA) is 49.4 Å². The molecule has 1 aromatic carbocycles. The van der Waals surface area contributed by atoms with Crippen LogP contribution in [0.4, 0.5) is 5.69 Å². The number of nitrogens with one attached hydrogen (secondary N) is 1. The van der Waals surface area contributed by atoms with Gasteiger partial charge < -0.3 is 10.2 Å². The number of rotatable bonds is 3. The third kappa shape index (κ3) is 3.29. The Morgan fingerprint density at radius 3 is 2.68 bits per heavy atom. The number of benzene rings is 1. The van der Waals surface area contributed by atoms with Crippen molar-refractivity contribution in [3.05, 3.63) is 30.3 Å². The van der Waals surface area contributed by atoms with Crippen molar-refractivity contribution >= 4 is 29.3 Å². The van der Waals surface area contributed by atoms with Crippen LogP contribution >= 0.6 is 11.8 Å². The molecule has 1 aliphatic heterocycles. The molecule has 1 aromatic rings. The van der Waals surface area contributed by atoms with E-state index < -0.39 is 4.87 Å². The van der Waals surface area contributed by atoms with Gasteiger partial charge >= 0.3 is 0 Å². The van der Waals surface area contributed by atoms with Crippen LogP contribution in [-0.2, 0) is 9.59 Å². The van der Waals surface area contributed by atoms with Gasteiger partial charge in [0.1, 0.15) is 0 Å². The molecule has 0 aliphatic carbocycles. The van der Waals surface area contributed by atoms with Crippen LogP contribution in [0, 0.1) is 0 Å². The van der Waals surface area contributed by atoms with Crippen molar-refractivity contribution in [1.82, 2.24) is 4.90 Å². The summed E-state index contributed by atoms with van der Waals surface area (Å²) in [4.78, 5) is 25.0. The van der Waals surface area contributed by atoms with E-state index in [4.69, 9.17) is 0 Å². The highest BCUT2D eigenvalue weighted by Gasteiger charge is 2.40. The molecule has 0 spiro atoms. The molecule has 2 rings (SSSR count). The van der Waals surface area contributed by atoms with E-state index in [0.717, 1.165) is 18.0 Å². The highest BCUT2D eigenvalue weighted by atomic mass is 32.2. The molecule has 0 radical (unpaired) electrons. The van der Waals surface area contributed by atoms with Gasteiger partial charge in [-0.1, -0.05) is 18.2 Å². The molecule has 1 saturated heterocycles. The van der Waals surface area contributed by atoms with Crippen LogP contribution in [0.25, 0.3) is 0 Å². The molecule has 4 nitrogen and oxygen atoms in total. The quantitative estimate of drug-likeness (QED) is 0.923. The lowest BCUT2D eigenvalue weighted by molar-refractivity contribution is -0.131. The Balaban J connectivity index is 2.00. The van der Waals surface area contributed by atoms with E-state index in [9.17, 15) is 9.59 Å². The Hall–Kier alpha value is -1.49. The number of thioether (sulfide) groups is 1. The van der Waals surface area contributed by atoms with Gasteiger partial charge in [0.25, 0.3) is 0 Å². The van der Waals surface area contributed by atoms with Crippen LogP contribution in [-0.4, -0.2) is 33.9 Å². The summed E-state index contributed by atoms with van der Waals surface area (Å²) in [6.45, 7) is 4.23. The molecular formula is C14H18N2O2S. The minimum Gasteiger partial charge on any atom is -0.327 e. The Morgan fingerprint density at radius 1 is 1.37 bits per heavy atom. The summed E-state index contributed by atoms with van der Waals surface area (Å²) in [5, 5.41) is 2.86. The number of amides is 2. The van der Waals surface area contributed by atoms with E-state index in [0.29, 0.717) is 6.42 Å². The Bertz CT molecular complexity index is 478. The summed E-state index contributed by atoms with van der Waals surface area (Å²) in [6, 6.07) is 9.36. The average molecular weight is 278 g/mol. The number of anilines is 1. The van der Waals surface area contributed by atoms with Crippen LogP contribution < -0.4 is 5.32 Å². The smallest absolute Gasteiger partial charge is 0.227 e. The summed E-state index contributed by atoms with van der Waals surface area (Å²) in [7, 11) is 0. The van der Waals surface area contributed by atoms with Crippen LogP contribution in [0.15, 0.2) is 30.3 Å². The van der Waals surface area contributed by atoms with Gasteiger partial charge in [0.2, 0.25) is 11.8 Å². The van der Waals surface area contributed by atoms with Gasteiger partial charge in [-0.05, 0) is 19.1 Å². The fourth-order valence-corrected chi connectivity index (χ4v) is 3.66. The summed E-state index contributed by atoms with van der Waals surface area (Å²) < 4.78 is 0. The molecule has 5 heteroatoms. The maximum Gasteiger partial charge on any atom is 0.227 e. The van der Waals surface area contributed by atoms with Gasteiger partial charge in [-0.25, -0.2) is 0 Å². The van der Waals surface area contributed by atoms with Gasteiger partial charge in [-0.2, -0.15) is 0 Å². The SMILES string of the molecule is CC(=O)N1CCSC1(C)CC(=O)Nc1ccccc1. The van der Waals surface area contributed by atoms with E-state index in [2.05, 4.69) is 5.32 Å². The third-order valence-corrected chi connectivity index (χ3v) is 4.60. The molecule has 1 heterocycles. The first kappa shape index (κ1) is 13.9. The van der Waals surface area contributed by atoms with Gasteiger partial charge in [-0.15, -0.1) is 11.8 Å². The van der Waals surface area contributed by atoms with E-state index >= 15 is 0 Å². The minimum atomic E-state index is -0.426. The van der Waals surface area contributed by atoms with Gasteiger partial charge in [0, 0.05) is 24.9 Å². The van der Waals surface area contributed by atoms with Gasteiger partial charge in [0.05, 0.1) is 11.3 Å². The number of carbonyl (C=O) groups excluding carboxylic acids is 2. The number of hydrogen-bond acceptors (Lipinski definition) is 3. The maximum absolute atomic E-state index is 12.1. The predicted octanol–water partition coefficient (Wildman–Crippen LogP) is 2.33. The van der Waals surface area contributed by atoms with Crippen molar-refractivity contribution in [2.75, 3.05) is 17.6 Å². The largest absolute Gasteiger partial charge is 0.327 e. The van der Waals surface area contributed by atoms with Crippen molar-refractivity contribution in [2.24, 2.45) is 0 Å². The molecular weight excluding hydrogens is 260 g/mol. The first-order valence-electron chi connectivity index (χ1n) is 6.28. The van der Waals surface area contributed by atoms with Crippen molar-refractivity contribution < 1.29 is 9.59 Å². The molecule has 1 aliphatic rings. The number of carbonyl (C=O) groups is 2. The lowest BCUT2D eigenvalue weighted by atomic mass is 10.1. The number of hydrogen-bond donors (Lipinski definition) is 1. The molecule has 1 unspecified atom stereocenters. The summed E-state index contributed by atoms with van der Waals surface area (Å²) >= 11 is 1.66. The molecule has 1 atom stereocenters. The number of para-hydroxylation sites is 1. The lowest BCUT2D eigenvalue weighted by Gasteiger charge is -2.33. The molecule has 0 bridgehead atoms. The Morgan fingerprint density at radius 2 is 2.05 bits per heavy atom. The molecule has 2 amide bonds. The maximum atomic E-state index is 12.1. The molecule has 1 fully saturated rings. The zero-order valence-corrected chi connectivity index (χ0v) is 12.0. The second kappa shape index (κ2) is 5.65. The Labute approximate surface area is 117 Å². The molecule has 0 aromatic heterocycles. The first-order valence-corrected chi connectivity index (χ1v) is 7.27. The normalized spacial score (nSPS) is 22.3. The summed E-state index contributed by atoms with van der Waals surface area (Å²) in [5.41, 5.74) is 0.786. The van der Waals surface area contributed by atoms with Gasteiger partial charge in [0.15, 0.2) is 0 Å². The van der Waals surface area contributed by atoms with Gasteiger partial charge in [-0.3, -0.25) is 9.59 Å². The molecule has 0 saturated carbocycles. The lowest BCUT2D eigenvalue weighted by Crippen LogP contribution is -2.44. The van der Waals surface area contributed by atoms with Crippen LogP contribution in [0.3, 0.4) is 0 Å². The highest BCUT2D eigenvalue weighted by Crippen LogP contribution is 2.38. The molecule has 1 N–H and O–H groups in total. The second-order valence-electron chi connectivity index (χ2n) is 4.79. The predicted molar refractivity (Wildman–Crippen MR) is 77.9 cm³/mol. The number of nitrogens with zero attached hydrogens (tertiary/aromatic N) is 1. The fourth-order valence-electron chi connectivity index (χ4n) is 2.33. The Kier molecular flexibility index (Phi) is 4.14. The molecule has 19 heavy (non-hydrogen) atoms. The zero-order chi connectivity index (χ0) is 13.9. The van der Waals surface area contributed by atoms with Crippen molar-refractivity contribution in [2.45, 2.75) is 25.1 Å². The van der Waals surface area contributed by atoms with Crippen LogP contribution in [0.2, 0.25) is 0 Å². The standard InChI is InChI=1S/C14H18N2O2S/c1-11(17)16-8-9-19-14(16,2)10-13(18)15-12-6-4-3-5-7-12/h3-7H,8-10H2,1-2H3,(H,15,18).